The number of carbonyl (C=O) groups excluding carboxylic acids is 1. The molecule has 2 aromatic carbocycles. The highest BCUT2D eigenvalue weighted by molar-refractivity contribution is 6.05. The summed E-state index contributed by atoms with van der Waals surface area (Å²) in [6.07, 6.45) is 0. The Kier molecular flexibility index (Phi) is 2.95. The van der Waals surface area contributed by atoms with E-state index in [1.54, 1.807) is 37.3 Å². The molecule has 0 saturated carbocycles. The lowest BCUT2D eigenvalue weighted by atomic mass is 10.2. The van der Waals surface area contributed by atoms with Gasteiger partial charge in [-0.2, -0.15) is 0 Å². The quantitative estimate of drug-likeness (QED) is 0.775. The van der Waals surface area contributed by atoms with Crippen LogP contribution >= 0.6 is 0 Å². The average Bonchev–Trinajstić information content (AvgIpc) is 2.80. The van der Waals surface area contributed by atoms with Crippen molar-refractivity contribution in [2.75, 3.05) is 5.32 Å². The molecule has 20 heavy (non-hydrogen) atoms. The van der Waals surface area contributed by atoms with E-state index in [0.717, 1.165) is 0 Å². The zero-order valence-corrected chi connectivity index (χ0v) is 10.7. The van der Waals surface area contributed by atoms with E-state index in [2.05, 4.69) is 10.3 Å². The van der Waals surface area contributed by atoms with Crippen molar-refractivity contribution in [3.8, 4) is 0 Å². The first-order valence-corrected chi connectivity index (χ1v) is 6.06. The molecular weight excluding hydrogens is 259 g/mol. The number of carbonyl (C=O) groups is 1. The van der Waals surface area contributed by atoms with Gasteiger partial charge in [0.15, 0.2) is 11.5 Å². The maximum absolute atomic E-state index is 13.5. The lowest BCUT2D eigenvalue weighted by Crippen LogP contribution is -2.12. The summed E-state index contributed by atoms with van der Waals surface area (Å²) in [5.41, 5.74) is 1.76. The number of nitrogens with zero attached hydrogens (tertiary/aromatic N) is 1. The minimum atomic E-state index is -0.473. The summed E-state index contributed by atoms with van der Waals surface area (Å²) in [6, 6.07) is 10.9. The van der Waals surface area contributed by atoms with Crippen LogP contribution in [0.4, 0.5) is 10.1 Å². The first-order chi connectivity index (χ1) is 9.63. The van der Waals surface area contributed by atoms with Gasteiger partial charge in [0, 0.05) is 12.5 Å². The van der Waals surface area contributed by atoms with Gasteiger partial charge in [-0.05, 0) is 30.3 Å². The van der Waals surface area contributed by atoms with Crippen LogP contribution in [0.25, 0.3) is 11.1 Å². The van der Waals surface area contributed by atoms with Gasteiger partial charge < -0.3 is 9.73 Å². The maximum Gasteiger partial charge on any atom is 0.255 e. The van der Waals surface area contributed by atoms with Crippen molar-refractivity contribution in [3.05, 3.63) is 59.7 Å². The number of oxazole rings is 1. The number of rotatable bonds is 2. The number of hydrogen-bond donors (Lipinski definition) is 1. The molecule has 1 amide bonds. The van der Waals surface area contributed by atoms with Crippen LogP contribution in [-0.4, -0.2) is 10.9 Å². The molecule has 0 bridgehead atoms. The molecule has 3 aromatic rings. The summed E-state index contributed by atoms with van der Waals surface area (Å²) >= 11 is 0. The van der Waals surface area contributed by atoms with Crippen LogP contribution in [0, 0.1) is 12.7 Å². The Balaban J connectivity index is 1.90. The third kappa shape index (κ3) is 2.25. The van der Waals surface area contributed by atoms with E-state index in [-0.39, 0.29) is 5.69 Å². The number of aromatic nitrogens is 1. The molecule has 0 atom stereocenters. The molecule has 1 N–H and O–H groups in total. The van der Waals surface area contributed by atoms with Crippen LogP contribution in [0.1, 0.15) is 16.2 Å². The number of nitrogens with one attached hydrogen (secondary N) is 1. The highest BCUT2D eigenvalue weighted by Gasteiger charge is 2.11. The Morgan fingerprint density at radius 3 is 2.85 bits per heavy atom. The largest absolute Gasteiger partial charge is 0.441 e. The Labute approximate surface area is 114 Å². The standard InChI is InChI=1S/C15H11FN2O2/c1-9-17-13-8-10(6-7-14(13)20-9)15(19)18-12-5-3-2-4-11(12)16/h2-8H,1H3,(H,18,19). The molecule has 0 saturated heterocycles. The third-order valence-corrected chi connectivity index (χ3v) is 2.88. The van der Waals surface area contributed by atoms with Gasteiger partial charge in [-0.3, -0.25) is 4.79 Å². The maximum atomic E-state index is 13.5. The first kappa shape index (κ1) is 12.3. The monoisotopic (exact) mass is 270 g/mol. The van der Waals surface area contributed by atoms with Crippen molar-refractivity contribution >= 4 is 22.7 Å². The van der Waals surface area contributed by atoms with Gasteiger partial charge in [0.25, 0.3) is 5.91 Å². The van der Waals surface area contributed by atoms with E-state index >= 15 is 0 Å². The number of halogens is 1. The number of fused-ring (bicyclic) bond motifs is 1. The second-order valence-corrected chi connectivity index (χ2v) is 4.35. The van der Waals surface area contributed by atoms with Gasteiger partial charge >= 0.3 is 0 Å². The van der Waals surface area contributed by atoms with Crippen molar-refractivity contribution in [2.24, 2.45) is 0 Å². The Morgan fingerprint density at radius 1 is 1.25 bits per heavy atom. The smallest absolute Gasteiger partial charge is 0.255 e. The minimum Gasteiger partial charge on any atom is -0.441 e. The lowest BCUT2D eigenvalue weighted by Gasteiger charge is -2.05. The van der Waals surface area contributed by atoms with Gasteiger partial charge in [-0.1, -0.05) is 12.1 Å². The van der Waals surface area contributed by atoms with Crippen LogP contribution < -0.4 is 5.32 Å². The molecular formula is C15H11FN2O2. The topological polar surface area (TPSA) is 55.1 Å². The molecule has 0 aliphatic rings. The predicted octanol–water partition coefficient (Wildman–Crippen LogP) is 3.53. The molecule has 1 aromatic heterocycles. The molecule has 1 heterocycles. The third-order valence-electron chi connectivity index (χ3n) is 2.88. The van der Waals surface area contributed by atoms with E-state index in [4.69, 9.17) is 4.42 Å². The van der Waals surface area contributed by atoms with E-state index < -0.39 is 11.7 Å². The fourth-order valence-electron chi connectivity index (χ4n) is 1.94. The van der Waals surface area contributed by atoms with Gasteiger partial charge in [0.2, 0.25) is 0 Å². The van der Waals surface area contributed by atoms with Crippen LogP contribution in [-0.2, 0) is 0 Å². The minimum absolute atomic E-state index is 0.147. The highest BCUT2D eigenvalue weighted by Crippen LogP contribution is 2.18. The summed E-state index contributed by atoms with van der Waals surface area (Å²) in [4.78, 5) is 16.2. The van der Waals surface area contributed by atoms with Crippen molar-refractivity contribution in [1.82, 2.24) is 4.98 Å². The fourth-order valence-corrected chi connectivity index (χ4v) is 1.94. The number of benzene rings is 2. The molecule has 0 unspecified atom stereocenters. The van der Waals surface area contributed by atoms with Crippen molar-refractivity contribution in [1.29, 1.82) is 0 Å². The zero-order valence-electron chi connectivity index (χ0n) is 10.7. The number of aryl methyl sites for hydroxylation is 1. The van der Waals surface area contributed by atoms with Crippen molar-refractivity contribution in [3.63, 3.8) is 0 Å². The van der Waals surface area contributed by atoms with Crippen molar-refractivity contribution in [2.45, 2.75) is 6.92 Å². The fraction of sp³-hybridized carbons (Fsp3) is 0.0667. The summed E-state index contributed by atoms with van der Waals surface area (Å²) in [5, 5.41) is 2.53. The summed E-state index contributed by atoms with van der Waals surface area (Å²) in [7, 11) is 0. The molecule has 100 valence electrons. The van der Waals surface area contributed by atoms with Crippen LogP contribution in [0.2, 0.25) is 0 Å². The van der Waals surface area contributed by atoms with Crippen molar-refractivity contribution < 1.29 is 13.6 Å². The number of anilines is 1. The first-order valence-electron chi connectivity index (χ1n) is 6.06. The summed E-state index contributed by atoms with van der Waals surface area (Å²) in [6.45, 7) is 1.74. The van der Waals surface area contributed by atoms with E-state index in [9.17, 15) is 9.18 Å². The van der Waals surface area contributed by atoms with Gasteiger partial charge in [0.05, 0.1) is 5.69 Å². The second-order valence-electron chi connectivity index (χ2n) is 4.35. The normalized spacial score (nSPS) is 10.7. The number of para-hydroxylation sites is 1. The van der Waals surface area contributed by atoms with E-state index in [0.29, 0.717) is 22.6 Å². The van der Waals surface area contributed by atoms with Gasteiger partial charge in [-0.15, -0.1) is 0 Å². The van der Waals surface area contributed by atoms with Crippen LogP contribution in [0.3, 0.4) is 0 Å². The lowest BCUT2D eigenvalue weighted by molar-refractivity contribution is 0.102. The molecule has 5 heteroatoms. The van der Waals surface area contributed by atoms with E-state index in [1.165, 1.54) is 12.1 Å². The number of amides is 1. The number of hydrogen-bond acceptors (Lipinski definition) is 3. The average molecular weight is 270 g/mol. The molecule has 4 nitrogen and oxygen atoms in total. The molecule has 0 aliphatic carbocycles. The second kappa shape index (κ2) is 4.77. The molecule has 0 radical (unpaired) electrons. The Bertz CT molecular complexity index is 795. The summed E-state index contributed by atoms with van der Waals surface area (Å²) in [5.74, 6) is -0.330. The highest BCUT2D eigenvalue weighted by atomic mass is 19.1. The molecule has 0 spiro atoms. The SMILES string of the molecule is Cc1nc2cc(C(=O)Nc3ccccc3F)ccc2o1. The van der Waals surface area contributed by atoms with E-state index in [1.807, 2.05) is 0 Å². The Morgan fingerprint density at radius 2 is 2.05 bits per heavy atom. The predicted molar refractivity (Wildman–Crippen MR) is 73.1 cm³/mol. The summed E-state index contributed by atoms with van der Waals surface area (Å²) < 4.78 is 18.8. The zero-order chi connectivity index (χ0) is 14.1. The van der Waals surface area contributed by atoms with Crippen LogP contribution in [0.15, 0.2) is 46.9 Å². The molecule has 0 aliphatic heterocycles. The Hall–Kier alpha value is -2.69. The van der Waals surface area contributed by atoms with Gasteiger partial charge in [0.1, 0.15) is 11.3 Å². The van der Waals surface area contributed by atoms with Crippen LogP contribution in [0.5, 0.6) is 0 Å². The molecule has 0 fully saturated rings. The van der Waals surface area contributed by atoms with Gasteiger partial charge in [-0.25, -0.2) is 9.37 Å². The molecule has 3 rings (SSSR count).